The van der Waals surface area contributed by atoms with Gasteiger partial charge in [-0.2, -0.15) is 0 Å². The Morgan fingerprint density at radius 2 is 1.29 bits per heavy atom. The van der Waals surface area contributed by atoms with Gasteiger partial charge >= 0.3 is 0 Å². The molecule has 1 fully saturated rings. The van der Waals surface area contributed by atoms with Crippen LogP contribution in [-0.2, 0) is 18.2 Å². The molecule has 0 spiro atoms. The molecular weight excluding hydrogens is 568 g/mol. The van der Waals surface area contributed by atoms with Crippen LogP contribution in [0.25, 0.3) is 0 Å². The molecule has 2 atom stereocenters. The van der Waals surface area contributed by atoms with Crippen LogP contribution in [0.5, 0.6) is 5.75 Å². The van der Waals surface area contributed by atoms with Crippen molar-refractivity contribution in [2.24, 2.45) is 11.8 Å². The first kappa shape index (κ1) is 21.5. The summed E-state index contributed by atoms with van der Waals surface area (Å²) in [6.07, 6.45) is 0. The van der Waals surface area contributed by atoms with Crippen molar-refractivity contribution in [1.82, 2.24) is 0 Å². The zero-order valence-electron chi connectivity index (χ0n) is 17.7. The van der Waals surface area contributed by atoms with E-state index in [4.69, 9.17) is 4.74 Å². The van der Waals surface area contributed by atoms with Crippen molar-refractivity contribution in [3.05, 3.63) is 99.1 Å². The van der Waals surface area contributed by atoms with Crippen molar-refractivity contribution in [2.45, 2.75) is 8.65 Å². The maximum absolute atomic E-state index is 14.0. The monoisotopic (exact) mass is 582 g/mol. The van der Waals surface area contributed by atoms with Crippen molar-refractivity contribution in [2.75, 3.05) is 12.0 Å². The molecule has 1 aliphatic heterocycles. The molecule has 1 saturated heterocycles. The second kappa shape index (κ2) is 6.99. The van der Waals surface area contributed by atoms with Gasteiger partial charge < -0.3 is 4.74 Å². The number of ether oxygens (including phenoxy) is 1. The maximum Gasteiger partial charge on any atom is 0.297 e. The van der Waals surface area contributed by atoms with Crippen LogP contribution in [0.4, 0.5) is 11.4 Å². The summed E-state index contributed by atoms with van der Waals surface area (Å²) >= 11 is 7.85. The lowest BCUT2D eigenvalue weighted by atomic mass is 9.54. The van der Waals surface area contributed by atoms with E-state index in [2.05, 4.69) is 31.9 Å². The molecule has 34 heavy (non-hydrogen) atoms. The third kappa shape index (κ3) is 2.36. The summed E-state index contributed by atoms with van der Waals surface area (Å²) in [4.78, 5) is 40.3. The zero-order valence-corrected chi connectivity index (χ0v) is 20.9. The molecule has 1 heterocycles. The fraction of sp³-hybridized carbons (Fsp3) is 0.200. The molecule has 7 rings (SSSR count). The van der Waals surface area contributed by atoms with E-state index in [1.165, 1.54) is 25.3 Å². The van der Waals surface area contributed by atoms with E-state index in [9.17, 15) is 19.7 Å². The van der Waals surface area contributed by atoms with Crippen LogP contribution < -0.4 is 9.64 Å². The normalized spacial score (nSPS) is 28.4. The molecule has 4 aliphatic rings. The number of nitro groups is 1. The number of alkyl halides is 2. The smallest absolute Gasteiger partial charge is 0.297 e. The molecule has 2 amide bonds. The molecule has 7 nitrogen and oxygen atoms in total. The molecule has 3 aromatic rings. The number of nitro benzene ring substituents is 1. The summed E-state index contributed by atoms with van der Waals surface area (Å²) in [5.74, 6) is -2.29. The van der Waals surface area contributed by atoms with Crippen LogP contribution in [0.2, 0.25) is 0 Å². The summed E-state index contributed by atoms with van der Waals surface area (Å²) in [5, 5.41) is 11.9. The number of carbonyl (C=O) groups is 2. The molecule has 0 radical (unpaired) electrons. The van der Waals surface area contributed by atoms with Gasteiger partial charge in [-0.25, -0.2) is 4.90 Å². The van der Waals surface area contributed by atoms with Gasteiger partial charge in [0.1, 0.15) is 11.4 Å². The minimum atomic E-state index is -0.955. The van der Waals surface area contributed by atoms with Gasteiger partial charge in [-0.05, 0) is 34.4 Å². The third-order valence-corrected chi connectivity index (χ3v) is 9.90. The van der Waals surface area contributed by atoms with Crippen LogP contribution in [0, 0.1) is 22.0 Å². The highest BCUT2D eigenvalue weighted by Gasteiger charge is 2.72. The van der Waals surface area contributed by atoms with Crippen LogP contribution >= 0.6 is 31.9 Å². The third-order valence-electron chi connectivity index (χ3n) is 7.21. The Morgan fingerprint density at radius 3 is 1.68 bits per heavy atom. The molecule has 2 bridgehead atoms. The van der Waals surface area contributed by atoms with Gasteiger partial charge in [-0.3, -0.25) is 19.7 Å². The van der Waals surface area contributed by atoms with Crippen molar-refractivity contribution in [3.63, 3.8) is 0 Å². The number of nitrogens with zero attached hydrogens (tertiary/aromatic N) is 2. The fourth-order valence-corrected chi connectivity index (χ4v) is 8.17. The predicted octanol–water partition coefficient (Wildman–Crippen LogP) is 5.01. The molecular formula is C25H16Br2N2O5. The van der Waals surface area contributed by atoms with E-state index in [1.807, 2.05) is 48.5 Å². The van der Waals surface area contributed by atoms with E-state index >= 15 is 0 Å². The maximum atomic E-state index is 14.0. The first-order valence-electron chi connectivity index (χ1n) is 10.5. The summed E-state index contributed by atoms with van der Waals surface area (Å²) in [5.41, 5.74) is 3.18. The quantitative estimate of drug-likeness (QED) is 0.187. The highest BCUT2D eigenvalue weighted by atomic mass is 79.9. The largest absolute Gasteiger partial charge is 0.496 e. The lowest BCUT2D eigenvalue weighted by Crippen LogP contribution is -2.56. The van der Waals surface area contributed by atoms with Crippen LogP contribution in [0.3, 0.4) is 0 Å². The second-order valence-corrected chi connectivity index (χ2v) is 11.1. The van der Waals surface area contributed by atoms with Crippen molar-refractivity contribution in [3.8, 4) is 5.75 Å². The van der Waals surface area contributed by atoms with Crippen LogP contribution in [-0.4, -0.2) is 23.8 Å². The van der Waals surface area contributed by atoms with Gasteiger partial charge in [0.2, 0.25) is 11.8 Å². The van der Waals surface area contributed by atoms with Crippen LogP contribution in [0.1, 0.15) is 22.3 Å². The minimum absolute atomic E-state index is 0.0603. The van der Waals surface area contributed by atoms with Gasteiger partial charge in [0.25, 0.3) is 5.69 Å². The average molecular weight is 584 g/mol. The minimum Gasteiger partial charge on any atom is -0.496 e. The molecule has 9 heteroatoms. The van der Waals surface area contributed by atoms with E-state index in [0.717, 1.165) is 27.2 Å². The summed E-state index contributed by atoms with van der Waals surface area (Å²) in [7, 11) is 1.40. The first-order chi connectivity index (χ1) is 16.3. The van der Waals surface area contributed by atoms with Gasteiger partial charge in [0.15, 0.2) is 0 Å². The summed E-state index contributed by atoms with van der Waals surface area (Å²) in [6, 6.07) is 19.6. The number of benzene rings is 3. The zero-order chi connectivity index (χ0) is 24.0. The lowest BCUT2D eigenvalue weighted by Gasteiger charge is -2.55. The van der Waals surface area contributed by atoms with Crippen molar-refractivity contribution in [1.29, 1.82) is 0 Å². The number of methoxy groups -OCH3 is 1. The molecule has 3 aromatic carbocycles. The van der Waals surface area contributed by atoms with E-state index in [1.54, 1.807) is 0 Å². The summed E-state index contributed by atoms with van der Waals surface area (Å²) < 4.78 is 3.21. The number of anilines is 1. The number of carbonyl (C=O) groups excluding carboxylic acids is 2. The Balaban J connectivity index is 1.63. The average Bonchev–Trinajstić information content (AvgIpc) is 3.13. The van der Waals surface area contributed by atoms with Gasteiger partial charge in [-0.15, -0.1) is 0 Å². The number of imide groups is 1. The Kier molecular flexibility index (Phi) is 4.42. The SMILES string of the molecule is COc1ccc(N2C(=O)[C@H]3[C@H](C2=O)C2(Br)c4ccccc4C3(Br)c3ccccc32)c([N+](=O)[O-])c1. The highest BCUT2D eigenvalue weighted by Crippen LogP contribution is 2.71. The Labute approximate surface area is 211 Å². The van der Waals surface area contributed by atoms with E-state index in [-0.39, 0.29) is 17.1 Å². The Hall–Kier alpha value is -3.04. The molecule has 0 unspecified atom stereocenters. The predicted molar refractivity (Wildman–Crippen MR) is 131 cm³/mol. The fourth-order valence-electron chi connectivity index (χ4n) is 5.87. The molecule has 0 N–H and O–H groups in total. The topological polar surface area (TPSA) is 89.8 Å². The molecule has 0 saturated carbocycles. The first-order valence-corrected chi connectivity index (χ1v) is 12.1. The van der Waals surface area contributed by atoms with Gasteiger partial charge in [-0.1, -0.05) is 80.4 Å². The molecule has 170 valence electrons. The summed E-state index contributed by atoms with van der Waals surface area (Å²) in [6.45, 7) is 0. The number of hydrogen-bond acceptors (Lipinski definition) is 5. The van der Waals surface area contributed by atoms with Crippen molar-refractivity contribution >= 4 is 55.0 Å². The lowest BCUT2D eigenvalue weighted by molar-refractivity contribution is -0.384. The number of rotatable bonds is 3. The standard InChI is InChI=1S/C25H16Br2N2O5/c1-34-13-10-11-18(19(12-13)29(32)33)28-22(30)20-21(23(28)31)25(27)15-7-3-2-6-14(15)24(20,26)16-8-4-5-9-17(16)25/h2-12,20-21H,1H3/t20-,21-,24?,25?/m1/s1. The number of hydrogen-bond donors (Lipinski definition) is 0. The Morgan fingerprint density at radius 1 is 0.853 bits per heavy atom. The molecule has 0 aromatic heterocycles. The Bertz CT molecular complexity index is 1320. The molecule has 3 aliphatic carbocycles. The number of halogens is 2. The van der Waals surface area contributed by atoms with Crippen molar-refractivity contribution < 1.29 is 19.2 Å². The van der Waals surface area contributed by atoms with Gasteiger partial charge in [0.05, 0.1) is 38.6 Å². The van der Waals surface area contributed by atoms with Gasteiger partial charge in [0, 0.05) is 0 Å². The van der Waals surface area contributed by atoms with E-state index < -0.39 is 37.2 Å². The second-order valence-electron chi connectivity index (χ2n) is 8.59. The van der Waals surface area contributed by atoms with Crippen LogP contribution in [0.15, 0.2) is 66.7 Å². The highest BCUT2D eigenvalue weighted by molar-refractivity contribution is 9.10. The number of amides is 2. The van der Waals surface area contributed by atoms with E-state index in [0.29, 0.717) is 0 Å².